The number of rotatable bonds is 4. The summed E-state index contributed by atoms with van der Waals surface area (Å²) in [5.74, 6) is 2.90. The van der Waals surface area contributed by atoms with Crippen LogP contribution in [0.4, 0.5) is 0 Å². The first-order valence-corrected chi connectivity index (χ1v) is 8.87. The zero-order chi connectivity index (χ0) is 15.1. The number of nitrogens with one attached hydrogen (secondary N) is 1. The molecule has 1 nitrogen and oxygen atoms in total. The minimum atomic E-state index is 0.585. The van der Waals surface area contributed by atoms with Gasteiger partial charge in [-0.25, -0.2) is 0 Å². The summed E-state index contributed by atoms with van der Waals surface area (Å²) >= 11 is 0. The normalized spacial score (nSPS) is 29.1. The van der Waals surface area contributed by atoms with Gasteiger partial charge in [0.15, 0.2) is 0 Å². The number of benzene rings is 1. The molecule has 0 aromatic heterocycles. The Morgan fingerprint density at radius 2 is 1.52 bits per heavy atom. The van der Waals surface area contributed by atoms with Crippen molar-refractivity contribution in [2.75, 3.05) is 6.54 Å². The second kappa shape index (κ2) is 5.76. The Morgan fingerprint density at radius 1 is 1.00 bits per heavy atom. The zero-order valence-electron chi connectivity index (χ0n) is 14.4. The van der Waals surface area contributed by atoms with Crippen molar-refractivity contribution in [2.45, 2.75) is 66.3 Å². The predicted molar refractivity (Wildman–Crippen MR) is 90.7 cm³/mol. The summed E-state index contributed by atoms with van der Waals surface area (Å²) in [5.41, 5.74) is 7.58. The van der Waals surface area contributed by atoms with E-state index in [9.17, 15) is 0 Å². The Balaban J connectivity index is 1.98. The van der Waals surface area contributed by atoms with E-state index in [4.69, 9.17) is 0 Å². The second-order valence-electron chi connectivity index (χ2n) is 7.40. The van der Waals surface area contributed by atoms with Gasteiger partial charge in [-0.2, -0.15) is 0 Å². The van der Waals surface area contributed by atoms with Gasteiger partial charge in [0.05, 0.1) is 0 Å². The molecule has 0 amide bonds. The molecule has 2 aliphatic carbocycles. The highest BCUT2D eigenvalue weighted by molar-refractivity contribution is 5.46. The van der Waals surface area contributed by atoms with Crippen molar-refractivity contribution >= 4 is 0 Å². The van der Waals surface area contributed by atoms with Crippen molar-refractivity contribution in [3.8, 4) is 0 Å². The third-order valence-corrected chi connectivity index (χ3v) is 6.27. The van der Waals surface area contributed by atoms with Crippen molar-refractivity contribution in [2.24, 2.45) is 17.8 Å². The third kappa shape index (κ3) is 2.54. The summed E-state index contributed by atoms with van der Waals surface area (Å²) in [6.07, 6.45) is 5.86. The van der Waals surface area contributed by atoms with E-state index in [2.05, 4.69) is 46.0 Å². The molecule has 21 heavy (non-hydrogen) atoms. The van der Waals surface area contributed by atoms with Crippen LogP contribution in [0.2, 0.25) is 0 Å². The molecular formula is C20H31N. The molecule has 0 radical (unpaired) electrons. The van der Waals surface area contributed by atoms with Gasteiger partial charge in [0.2, 0.25) is 0 Å². The molecule has 2 saturated carbocycles. The molecule has 3 atom stereocenters. The molecule has 1 heteroatoms. The molecule has 1 aromatic carbocycles. The minimum absolute atomic E-state index is 0.585. The minimum Gasteiger partial charge on any atom is -0.310 e. The maximum absolute atomic E-state index is 3.85. The number of aryl methyl sites for hydroxylation is 2. The lowest BCUT2D eigenvalue weighted by molar-refractivity contribution is 0.452. The van der Waals surface area contributed by atoms with Gasteiger partial charge in [-0.1, -0.05) is 25.8 Å². The topological polar surface area (TPSA) is 12.0 Å². The van der Waals surface area contributed by atoms with E-state index in [1.54, 1.807) is 5.56 Å². The van der Waals surface area contributed by atoms with Crippen LogP contribution < -0.4 is 5.32 Å². The summed E-state index contributed by atoms with van der Waals surface area (Å²) in [7, 11) is 0. The summed E-state index contributed by atoms with van der Waals surface area (Å²) in [4.78, 5) is 0. The molecule has 0 bridgehead atoms. The van der Waals surface area contributed by atoms with Crippen molar-refractivity contribution in [1.82, 2.24) is 5.32 Å². The van der Waals surface area contributed by atoms with Crippen LogP contribution in [0, 0.1) is 45.4 Å². The Labute approximate surface area is 130 Å². The Hall–Kier alpha value is -0.820. The molecule has 0 saturated heterocycles. The van der Waals surface area contributed by atoms with Gasteiger partial charge in [-0.05, 0) is 92.7 Å². The van der Waals surface area contributed by atoms with Gasteiger partial charge < -0.3 is 5.32 Å². The van der Waals surface area contributed by atoms with Crippen LogP contribution >= 0.6 is 0 Å². The first kappa shape index (κ1) is 15.1. The fraction of sp³-hybridized carbons (Fsp3) is 0.700. The molecule has 2 fully saturated rings. The van der Waals surface area contributed by atoms with E-state index in [0.29, 0.717) is 6.04 Å². The molecule has 1 N–H and O–H groups in total. The lowest BCUT2D eigenvalue weighted by Crippen LogP contribution is -2.26. The van der Waals surface area contributed by atoms with Gasteiger partial charge in [0.1, 0.15) is 0 Å². The van der Waals surface area contributed by atoms with Crippen LogP contribution in [0.15, 0.2) is 6.07 Å². The number of fused-ring (bicyclic) bond motifs is 1. The molecule has 2 aliphatic rings. The molecule has 1 aromatic rings. The zero-order valence-corrected chi connectivity index (χ0v) is 14.4. The van der Waals surface area contributed by atoms with E-state index in [1.807, 2.05) is 0 Å². The lowest BCUT2D eigenvalue weighted by Gasteiger charge is -2.25. The van der Waals surface area contributed by atoms with Crippen LogP contribution in [0.3, 0.4) is 0 Å². The van der Waals surface area contributed by atoms with Crippen molar-refractivity contribution < 1.29 is 0 Å². The average molecular weight is 285 g/mol. The van der Waals surface area contributed by atoms with E-state index < -0.39 is 0 Å². The van der Waals surface area contributed by atoms with Crippen LogP contribution in [0.1, 0.15) is 66.5 Å². The fourth-order valence-corrected chi connectivity index (χ4v) is 4.91. The Bertz CT molecular complexity index is 493. The summed E-state index contributed by atoms with van der Waals surface area (Å²) < 4.78 is 0. The molecule has 3 unspecified atom stereocenters. The maximum atomic E-state index is 3.85. The summed E-state index contributed by atoms with van der Waals surface area (Å²) in [5, 5.41) is 3.85. The van der Waals surface area contributed by atoms with E-state index in [-0.39, 0.29) is 0 Å². The van der Waals surface area contributed by atoms with Gasteiger partial charge in [0.25, 0.3) is 0 Å². The molecule has 3 rings (SSSR count). The standard InChI is InChI=1S/C20H31N/c1-6-21-20(19-16-9-7-8-10-17(16)19)18-14(4)12(2)11-13(3)15(18)5/h11,16-17,19-21H,6-10H2,1-5H3. The van der Waals surface area contributed by atoms with Gasteiger partial charge in [0, 0.05) is 6.04 Å². The molecule has 116 valence electrons. The van der Waals surface area contributed by atoms with Gasteiger partial charge in [-0.3, -0.25) is 0 Å². The number of hydrogen-bond donors (Lipinski definition) is 1. The second-order valence-corrected chi connectivity index (χ2v) is 7.40. The fourth-order valence-electron chi connectivity index (χ4n) is 4.91. The highest BCUT2D eigenvalue weighted by Gasteiger charge is 2.54. The first-order valence-electron chi connectivity index (χ1n) is 8.87. The molecule has 0 aliphatic heterocycles. The van der Waals surface area contributed by atoms with Gasteiger partial charge >= 0.3 is 0 Å². The highest BCUT2D eigenvalue weighted by atomic mass is 14.9. The van der Waals surface area contributed by atoms with Crippen molar-refractivity contribution in [3.05, 3.63) is 33.9 Å². The van der Waals surface area contributed by atoms with Crippen LogP contribution in [0.25, 0.3) is 0 Å². The maximum Gasteiger partial charge on any atom is 0.0359 e. The average Bonchev–Trinajstić information content (AvgIpc) is 3.18. The Morgan fingerprint density at radius 3 is 2.00 bits per heavy atom. The largest absolute Gasteiger partial charge is 0.310 e. The van der Waals surface area contributed by atoms with Crippen LogP contribution in [-0.2, 0) is 0 Å². The Kier molecular flexibility index (Phi) is 4.14. The molecule has 0 heterocycles. The van der Waals surface area contributed by atoms with E-state index >= 15 is 0 Å². The van der Waals surface area contributed by atoms with Gasteiger partial charge in [-0.15, -0.1) is 0 Å². The van der Waals surface area contributed by atoms with Crippen LogP contribution in [-0.4, -0.2) is 6.54 Å². The third-order valence-electron chi connectivity index (χ3n) is 6.27. The van der Waals surface area contributed by atoms with Crippen molar-refractivity contribution in [1.29, 1.82) is 0 Å². The van der Waals surface area contributed by atoms with E-state index in [0.717, 1.165) is 24.3 Å². The number of hydrogen-bond acceptors (Lipinski definition) is 1. The smallest absolute Gasteiger partial charge is 0.0359 e. The lowest BCUT2D eigenvalue weighted by atomic mass is 9.87. The molecular weight excluding hydrogens is 254 g/mol. The SMILES string of the molecule is CCNC(c1c(C)c(C)cc(C)c1C)C1C2CCCCC21. The highest BCUT2D eigenvalue weighted by Crippen LogP contribution is 2.61. The van der Waals surface area contributed by atoms with E-state index in [1.165, 1.54) is 47.9 Å². The monoisotopic (exact) mass is 285 g/mol. The van der Waals surface area contributed by atoms with Crippen LogP contribution in [0.5, 0.6) is 0 Å². The quantitative estimate of drug-likeness (QED) is 0.820. The molecule has 0 spiro atoms. The predicted octanol–water partition coefficient (Wildman–Crippen LogP) is 5.01. The summed E-state index contributed by atoms with van der Waals surface area (Å²) in [6.45, 7) is 12.5. The summed E-state index contributed by atoms with van der Waals surface area (Å²) in [6, 6.07) is 2.94. The first-order chi connectivity index (χ1) is 10.1. The van der Waals surface area contributed by atoms with Crippen molar-refractivity contribution in [3.63, 3.8) is 0 Å².